The number of carbonyl (C=O) groups is 1. The molecule has 10 heteroatoms. The lowest BCUT2D eigenvalue weighted by Crippen LogP contribution is -2.51. The summed E-state index contributed by atoms with van der Waals surface area (Å²) < 4.78 is 28.9. The SMILES string of the molecule is CSc1nc(-c2c[nH]c3ncc(F)cc23)nc(N[C@H]2C3CCC(CC3)[C@@H]2C(=O)O)c1F. The number of aliphatic carboxylic acids is 1. The molecule has 3 fully saturated rings. The van der Waals surface area contributed by atoms with Crippen LogP contribution in [0.4, 0.5) is 14.6 Å². The van der Waals surface area contributed by atoms with E-state index in [-0.39, 0.29) is 34.5 Å². The van der Waals surface area contributed by atoms with Gasteiger partial charge in [0.2, 0.25) is 0 Å². The van der Waals surface area contributed by atoms with Crippen LogP contribution in [0.3, 0.4) is 0 Å². The van der Waals surface area contributed by atoms with E-state index in [0.717, 1.165) is 43.6 Å². The van der Waals surface area contributed by atoms with Gasteiger partial charge in [0.1, 0.15) is 16.5 Å². The van der Waals surface area contributed by atoms with E-state index in [1.807, 2.05) is 0 Å². The monoisotopic (exact) mass is 445 g/mol. The van der Waals surface area contributed by atoms with Crippen LogP contribution in [-0.2, 0) is 4.79 Å². The summed E-state index contributed by atoms with van der Waals surface area (Å²) in [5.74, 6) is -2.08. The van der Waals surface area contributed by atoms with Crippen LogP contribution in [0.1, 0.15) is 25.7 Å². The Bertz CT molecular complexity index is 1160. The van der Waals surface area contributed by atoms with Gasteiger partial charge in [-0.05, 0) is 49.8 Å². The summed E-state index contributed by atoms with van der Waals surface area (Å²) in [4.78, 5) is 27.7. The van der Waals surface area contributed by atoms with Crippen molar-refractivity contribution in [1.82, 2.24) is 19.9 Å². The third-order valence-electron chi connectivity index (χ3n) is 6.56. The largest absolute Gasteiger partial charge is 0.481 e. The number of hydrogen-bond donors (Lipinski definition) is 3. The number of rotatable bonds is 5. The van der Waals surface area contributed by atoms with Crippen LogP contribution in [0.2, 0.25) is 0 Å². The first kappa shape index (κ1) is 20.2. The molecule has 0 radical (unpaired) electrons. The number of aromatic nitrogens is 4. The van der Waals surface area contributed by atoms with Gasteiger partial charge in [0.15, 0.2) is 17.5 Å². The van der Waals surface area contributed by atoms with E-state index in [1.165, 1.54) is 6.07 Å². The van der Waals surface area contributed by atoms with Gasteiger partial charge < -0.3 is 15.4 Å². The number of nitrogens with one attached hydrogen (secondary N) is 2. The van der Waals surface area contributed by atoms with Crippen molar-refractivity contribution in [3.63, 3.8) is 0 Å². The number of halogens is 2. The highest BCUT2D eigenvalue weighted by atomic mass is 32.2. The number of thioether (sulfide) groups is 1. The molecule has 3 aliphatic carbocycles. The van der Waals surface area contributed by atoms with E-state index in [4.69, 9.17) is 0 Å². The highest BCUT2D eigenvalue weighted by Gasteiger charge is 2.47. The van der Waals surface area contributed by atoms with Crippen molar-refractivity contribution in [2.45, 2.75) is 36.8 Å². The van der Waals surface area contributed by atoms with Crippen molar-refractivity contribution in [3.8, 4) is 11.4 Å². The first-order valence-corrected chi connectivity index (χ1v) is 11.4. The summed E-state index contributed by atoms with van der Waals surface area (Å²) in [6, 6.07) is 0.937. The average Bonchev–Trinajstić information content (AvgIpc) is 3.18. The minimum Gasteiger partial charge on any atom is -0.481 e. The second-order valence-corrected chi connectivity index (χ2v) is 8.98. The molecule has 0 aromatic carbocycles. The molecule has 7 nitrogen and oxygen atoms in total. The molecular weight excluding hydrogens is 424 g/mol. The second-order valence-electron chi connectivity index (χ2n) is 8.18. The van der Waals surface area contributed by atoms with Gasteiger partial charge in [-0.3, -0.25) is 4.79 Å². The highest BCUT2D eigenvalue weighted by Crippen LogP contribution is 2.46. The highest BCUT2D eigenvalue weighted by molar-refractivity contribution is 7.98. The van der Waals surface area contributed by atoms with Crippen LogP contribution >= 0.6 is 11.8 Å². The molecule has 0 saturated heterocycles. The Morgan fingerprint density at radius 3 is 2.68 bits per heavy atom. The van der Waals surface area contributed by atoms with Gasteiger partial charge in [-0.15, -0.1) is 11.8 Å². The number of carboxylic acid groups (broad SMARTS) is 1. The zero-order chi connectivity index (χ0) is 21.7. The van der Waals surface area contributed by atoms with E-state index >= 15 is 4.39 Å². The van der Waals surface area contributed by atoms with Crippen molar-refractivity contribution in [3.05, 3.63) is 30.1 Å². The van der Waals surface area contributed by atoms with Crippen LogP contribution < -0.4 is 5.32 Å². The summed E-state index contributed by atoms with van der Waals surface area (Å²) in [5, 5.41) is 13.6. The van der Waals surface area contributed by atoms with Crippen molar-refractivity contribution >= 4 is 34.6 Å². The molecule has 0 unspecified atom stereocenters. The third kappa shape index (κ3) is 3.42. The fraction of sp³-hybridized carbons (Fsp3) is 0.429. The Balaban J connectivity index is 1.58. The maximum atomic E-state index is 15.2. The molecule has 6 rings (SSSR count). The van der Waals surface area contributed by atoms with Gasteiger partial charge in [-0.25, -0.2) is 19.3 Å². The van der Waals surface area contributed by atoms with Crippen LogP contribution in [0, 0.1) is 29.4 Å². The zero-order valence-corrected chi connectivity index (χ0v) is 17.5. The minimum atomic E-state index is -0.857. The third-order valence-corrected chi connectivity index (χ3v) is 7.22. The molecule has 0 spiro atoms. The summed E-state index contributed by atoms with van der Waals surface area (Å²) in [5.41, 5.74) is 0.973. The number of anilines is 1. The van der Waals surface area contributed by atoms with Crippen LogP contribution in [0.5, 0.6) is 0 Å². The van der Waals surface area contributed by atoms with Gasteiger partial charge in [-0.2, -0.15) is 4.39 Å². The topological polar surface area (TPSA) is 104 Å². The molecule has 3 aliphatic rings. The second kappa shape index (κ2) is 7.74. The van der Waals surface area contributed by atoms with E-state index in [9.17, 15) is 14.3 Å². The van der Waals surface area contributed by atoms with Crippen molar-refractivity contribution in [2.24, 2.45) is 17.8 Å². The van der Waals surface area contributed by atoms with E-state index < -0.39 is 23.5 Å². The lowest BCUT2D eigenvalue weighted by molar-refractivity contribution is -0.148. The Morgan fingerprint density at radius 2 is 1.97 bits per heavy atom. The Hall–Kier alpha value is -2.75. The van der Waals surface area contributed by atoms with Crippen LogP contribution in [-0.4, -0.2) is 43.3 Å². The normalized spacial score (nSPS) is 25.1. The average molecular weight is 445 g/mol. The van der Waals surface area contributed by atoms with Crippen molar-refractivity contribution in [2.75, 3.05) is 11.6 Å². The zero-order valence-electron chi connectivity index (χ0n) is 16.7. The van der Waals surface area contributed by atoms with Gasteiger partial charge in [0.05, 0.1) is 12.1 Å². The van der Waals surface area contributed by atoms with E-state index in [2.05, 4.69) is 25.3 Å². The fourth-order valence-corrected chi connectivity index (χ4v) is 5.56. The minimum absolute atomic E-state index is 0.0168. The summed E-state index contributed by atoms with van der Waals surface area (Å²) >= 11 is 1.13. The quantitative estimate of drug-likeness (QED) is 0.397. The molecule has 2 bridgehead atoms. The Labute approximate surface area is 181 Å². The smallest absolute Gasteiger partial charge is 0.308 e. The summed E-state index contributed by atoms with van der Waals surface area (Å²) in [6.07, 6.45) is 8.06. The lowest BCUT2D eigenvalue weighted by Gasteiger charge is -2.47. The Morgan fingerprint density at radius 1 is 1.23 bits per heavy atom. The lowest BCUT2D eigenvalue weighted by atomic mass is 9.61. The van der Waals surface area contributed by atoms with Gasteiger partial charge in [0.25, 0.3) is 0 Å². The molecule has 162 valence electrons. The number of carboxylic acids is 1. The first-order valence-electron chi connectivity index (χ1n) is 10.2. The van der Waals surface area contributed by atoms with Gasteiger partial charge in [0, 0.05) is 23.2 Å². The molecule has 3 heterocycles. The van der Waals surface area contributed by atoms with Crippen LogP contribution in [0.15, 0.2) is 23.5 Å². The van der Waals surface area contributed by atoms with Gasteiger partial charge >= 0.3 is 5.97 Å². The molecule has 3 aromatic rings. The molecule has 0 aliphatic heterocycles. The number of aromatic amines is 1. The molecule has 0 amide bonds. The fourth-order valence-electron chi connectivity index (χ4n) is 5.11. The first-order chi connectivity index (χ1) is 15.0. The summed E-state index contributed by atoms with van der Waals surface area (Å²) in [7, 11) is 0. The van der Waals surface area contributed by atoms with E-state index in [0.29, 0.717) is 16.6 Å². The molecular formula is C21H21F2N5O2S. The predicted molar refractivity (Wildman–Crippen MR) is 113 cm³/mol. The van der Waals surface area contributed by atoms with Crippen molar-refractivity contribution in [1.29, 1.82) is 0 Å². The number of fused-ring (bicyclic) bond motifs is 4. The Kier molecular flexibility index (Phi) is 5.04. The molecule has 3 aromatic heterocycles. The van der Waals surface area contributed by atoms with Crippen molar-refractivity contribution < 1.29 is 18.7 Å². The number of hydrogen-bond acceptors (Lipinski definition) is 6. The number of H-pyrrole nitrogens is 1. The molecule has 3 saturated carbocycles. The molecule has 3 N–H and O–H groups in total. The predicted octanol–water partition coefficient (Wildman–Crippen LogP) is 4.32. The standard InChI is InChI=1S/C21H21F2N5O2S/c1-31-20-15(23)19(26-16-10-4-2-9(3-5-10)14(16)21(29)30)27-18(28-20)13-8-25-17-12(13)6-11(22)7-24-17/h6-10,14,16H,2-5H2,1H3,(H,24,25)(H,29,30)(H,26,27,28)/t9?,10?,14-,16-/m0/s1. The number of nitrogens with zero attached hydrogens (tertiary/aromatic N) is 3. The van der Waals surface area contributed by atoms with Crippen LogP contribution in [0.25, 0.3) is 22.4 Å². The molecule has 2 atom stereocenters. The summed E-state index contributed by atoms with van der Waals surface area (Å²) in [6.45, 7) is 0. The maximum absolute atomic E-state index is 15.2. The van der Waals surface area contributed by atoms with Gasteiger partial charge in [-0.1, -0.05) is 0 Å². The number of pyridine rings is 1. The molecule has 31 heavy (non-hydrogen) atoms. The maximum Gasteiger partial charge on any atom is 0.308 e. The van der Waals surface area contributed by atoms with E-state index in [1.54, 1.807) is 12.5 Å².